The Labute approximate surface area is 92.4 Å². The van der Waals surface area contributed by atoms with Gasteiger partial charge in [0.1, 0.15) is 11.6 Å². The van der Waals surface area contributed by atoms with Crippen molar-refractivity contribution >= 4 is 0 Å². The number of rotatable bonds is 3. The van der Waals surface area contributed by atoms with E-state index in [0.29, 0.717) is 11.3 Å². The van der Waals surface area contributed by atoms with E-state index >= 15 is 0 Å². The molecule has 0 spiro atoms. The monoisotopic (exact) mass is 221 g/mol. The molecular weight excluding hydrogens is 209 g/mol. The van der Waals surface area contributed by atoms with E-state index in [-0.39, 0.29) is 12.4 Å². The first kappa shape index (κ1) is 10.8. The van der Waals surface area contributed by atoms with Gasteiger partial charge >= 0.3 is 0 Å². The summed E-state index contributed by atoms with van der Waals surface area (Å²) < 4.78 is 15.5. The average molecular weight is 221 g/mol. The standard InChI is InChI=1S/C11H12FN3O/c1-8-14-4-5-15(8)11-3-2-9(7-16-13)6-10(11)12/h2-6H,7,13H2,1H3. The molecule has 1 aromatic heterocycles. The van der Waals surface area contributed by atoms with Crippen molar-refractivity contribution in [2.75, 3.05) is 0 Å². The maximum Gasteiger partial charge on any atom is 0.147 e. The molecule has 1 heterocycles. The van der Waals surface area contributed by atoms with Gasteiger partial charge in [-0.1, -0.05) is 6.07 Å². The molecule has 0 saturated heterocycles. The van der Waals surface area contributed by atoms with Crippen molar-refractivity contribution in [3.8, 4) is 5.69 Å². The third-order valence-corrected chi connectivity index (χ3v) is 2.35. The molecule has 0 unspecified atom stereocenters. The third-order valence-electron chi connectivity index (χ3n) is 2.35. The normalized spacial score (nSPS) is 10.7. The van der Waals surface area contributed by atoms with Gasteiger partial charge in [0.15, 0.2) is 0 Å². The molecule has 0 aliphatic carbocycles. The van der Waals surface area contributed by atoms with Gasteiger partial charge in [-0.3, -0.25) is 4.84 Å². The van der Waals surface area contributed by atoms with Crippen molar-refractivity contribution in [1.29, 1.82) is 0 Å². The van der Waals surface area contributed by atoms with Gasteiger partial charge in [-0.15, -0.1) is 0 Å². The summed E-state index contributed by atoms with van der Waals surface area (Å²) in [6, 6.07) is 4.85. The Morgan fingerprint density at radius 2 is 2.31 bits per heavy atom. The Hall–Kier alpha value is -1.72. The first-order valence-corrected chi connectivity index (χ1v) is 4.83. The van der Waals surface area contributed by atoms with Crippen molar-refractivity contribution < 1.29 is 9.23 Å². The molecule has 0 radical (unpaired) electrons. The van der Waals surface area contributed by atoms with Crippen LogP contribution >= 0.6 is 0 Å². The molecule has 0 bridgehead atoms. The van der Waals surface area contributed by atoms with Crippen molar-refractivity contribution in [2.24, 2.45) is 5.90 Å². The Kier molecular flexibility index (Phi) is 2.98. The maximum absolute atomic E-state index is 13.8. The molecule has 1 aromatic carbocycles. The van der Waals surface area contributed by atoms with Crippen LogP contribution in [0, 0.1) is 12.7 Å². The summed E-state index contributed by atoms with van der Waals surface area (Å²) in [6.45, 7) is 2.01. The fourth-order valence-corrected chi connectivity index (χ4v) is 1.56. The molecule has 0 fully saturated rings. The summed E-state index contributed by atoms with van der Waals surface area (Å²) in [5.74, 6) is 5.34. The lowest BCUT2D eigenvalue weighted by molar-refractivity contribution is 0.124. The van der Waals surface area contributed by atoms with Crippen LogP contribution in [0.25, 0.3) is 5.69 Å². The van der Waals surface area contributed by atoms with Crippen LogP contribution in [0.4, 0.5) is 4.39 Å². The van der Waals surface area contributed by atoms with Gasteiger partial charge in [0.25, 0.3) is 0 Å². The van der Waals surface area contributed by atoms with E-state index < -0.39 is 0 Å². The molecule has 2 aromatic rings. The molecule has 2 rings (SSSR count). The summed E-state index contributed by atoms with van der Waals surface area (Å²) in [7, 11) is 0. The average Bonchev–Trinajstić information content (AvgIpc) is 2.65. The number of benzene rings is 1. The molecular formula is C11H12FN3O. The summed E-state index contributed by atoms with van der Waals surface area (Å²) >= 11 is 0. The Morgan fingerprint density at radius 1 is 1.50 bits per heavy atom. The van der Waals surface area contributed by atoms with Gasteiger partial charge in [-0.2, -0.15) is 0 Å². The van der Waals surface area contributed by atoms with Gasteiger partial charge in [0.2, 0.25) is 0 Å². The molecule has 5 heteroatoms. The van der Waals surface area contributed by atoms with E-state index in [1.807, 2.05) is 6.92 Å². The van der Waals surface area contributed by atoms with Gasteiger partial charge in [-0.05, 0) is 24.6 Å². The van der Waals surface area contributed by atoms with E-state index in [1.54, 1.807) is 29.1 Å². The highest BCUT2D eigenvalue weighted by Crippen LogP contribution is 2.16. The molecule has 0 aliphatic rings. The number of nitrogens with zero attached hydrogens (tertiary/aromatic N) is 2. The van der Waals surface area contributed by atoms with Crippen molar-refractivity contribution in [1.82, 2.24) is 9.55 Å². The minimum atomic E-state index is -0.323. The lowest BCUT2D eigenvalue weighted by Gasteiger charge is -2.07. The SMILES string of the molecule is Cc1nccn1-c1ccc(CON)cc1F. The summed E-state index contributed by atoms with van der Waals surface area (Å²) in [4.78, 5) is 8.50. The third kappa shape index (κ3) is 1.95. The van der Waals surface area contributed by atoms with E-state index in [0.717, 1.165) is 5.82 Å². The van der Waals surface area contributed by atoms with Crippen LogP contribution in [0.5, 0.6) is 0 Å². The first-order chi connectivity index (χ1) is 7.72. The van der Waals surface area contributed by atoms with E-state index in [4.69, 9.17) is 5.90 Å². The largest absolute Gasteiger partial charge is 0.301 e. The number of hydrogen-bond donors (Lipinski definition) is 1. The fourth-order valence-electron chi connectivity index (χ4n) is 1.56. The lowest BCUT2D eigenvalue weighted by Crippen LogP contribution is -2.02. The molecule has 0 aliphatic heterocycles. The van der Waals surface area contributed by atoms with Gasteiger partial charge < -0.3 is 4.57 Å². The van der Waals surface area contributed by atoms with Crippen LogP contribution in [0.15, 0.2) is 30.6 Å². The van der Waals surface area contributed by atoms with Crippen molar-refractivity contribution in [3.63, 3.8) is 0 Å². The van der Waals surface area contributed by atoms with E-state index in [9.17, 15) is 4.39 Å². The van der Waals surface area contributed by atoms with Gasteiger partial charge in [-0.25, -0.2) is 15.3 Å². The number of aryl methyl sites for hydroxylation is 1. The second-order valence-corrected chi connectivity index (χ2v) is 3.44. The maximum atomic E-state index is 13.8. The molecule has 16 heavy (non-hydrogen) atoms. The van der Waals surface area contributed by atoms with Crippen LogP contribution < -0.4 is 5.90 Å². The van der Waals surface area contributed by atoms with E-state index in [2.05, 4.69) is 9.82 Å². The van der Waals surface area contributed by atoms with Crippen LogP contribution in [-0.4, -0.2) is 9.55 Å². The predicted octanol–water partition coefficient (Wildman–Crippen LogP) is 1.71. The zero-order valence-corrected chi connectivity index (χ0v) is 8.85. The quantitative estimate of drug-likeness (QED) is 0.803. The topological polar surface area (TPSA) is 53.1 Å². The fraction of sp³-hybridized carbons (Fsp3) is 0.182. The van der Waals surface area contributed by atoms with Crippen LogP contribution in [-0.2, 0) is 11.4 Å². The lowest BCUT2D eigenvalue weighted by atomic mass is 10.2. The number of halogens is 1. The zero-order chi connectivity index (χ0) is 11.5. The summed E-state index contributed by atoms with van der Waals surface area (Å²) in [5.41, 5.74) is 1.16. The van der Waals surface area contributed by atoms with Crippen molar-refractivity contribution in [3.05, 3.63) is 47.8 Å². The molecule has 0 atom stereocenters. The Morgan fingerprint density at radius 3 is 2.88 bits per heavy atom. The highest BCUT2D eigenvalue weighted by molar-refractivity contribution is 5.37. The van der Waals surface area contributed by atoms with Crippen LogP contribution in [0.2, 0.25) is 0 Å². The van der Waals surface area contributed by atoms with Crippen LogP contribution in [0.3, 0.4) is 0 Å². The van der Waals surface area contributed by atoms with Gasteiger partial charge in [0, 0.05) is 12.4 Å². The summed E-state index contributed by atoms with van der Waals surface area (Å²) in [6.07, 6.45) is 3.35. The number of nitrogens with two attached hydrogens (primary N) is 1. The number of imidazole rings is 1. The van der Waals surface area contributed by atoms with Crippen LogP contribution in [0.1, 0.15) is 11.4 Å². The highest BCUT2D eigenvalue weighted by atomic mass is 19.1. The zero-order valence-electron chi connectivity index (χ0n) is 8.85. The molecule has 2 N–H and O–H groups in total. The first-order valence-electron chi connectivity index (χ1n) is 4.83. The molecule has 4 nitrogen and oxygen atoms in total. The number of aromatic nitrogens is 2. The minimum absolute atomic E-state index is 0.195. The molecule has 0 amide bonds. The molecule has 84 valence electrons. The Balaban J connectivity index is 2.40. The summed E-state index contributed by atoms with van der Waals surface area (Å²) in [5, 5.41) is 0. The van der Waals surface area contributed by atoms with E-state index in [1.165, 1.54) is 6.07 Å². The van der Waals surface area contributed by atoms with Crippen molar-refractivity contribution in [2.45, 2.75) is 13.5 Å². The van der Waals surface area contributed by atoms with Gasteiger partial charge in [0.05, 0.1) is 12.3 Å². The number of hydrogen-bond acceptors (Lipinski definition) is 3. The Bertz CT molecular complexity index is 496. The second-order valence-electron chi connectivity index (χ2n) is 3.44. The smallest absolute Gasteiger partial charge is 0.147 e. The molecule has 0 saturated carbocycles. The minimum Gasteiger partial charge on any atom is -0.301 e. The highest BCUT2D eigenvalue weighted by Gasteiger charge is 2.07. The predicted molar refractivity (Wildman–Crippen MR) is 57.2 cm³/mol. The second kappa shape index (κ2) is 4.42.